The second-order valence-corrected chi connectivity index (χ2v) is 4.35. The Morgan fingerprint density at radius 2 is 2.40 bits per heavy atom. The molecule has 1 aliphatic heterocycles. The van der Waals surface area contributed by atoms with Crippen molar-refractivity contribution in [3.8, 4) is 0 Å². The molecule has 1 rings (SSSR count). The summed E-state index contributed by atoms with van der Waals surface area (Å²) in [6.07, 6.45) is 3.81. The molecular formula is C11H24N2O2. The van der Waals surface area contributed by atoms with Gasteiger partial charge >= 0.3 is 0 Å². The van der Waals surface area contributed by atoms with Crippen LogP contribution in [0.15, 0.2) is 0 Å². The normalized spacial score (nSPS) is 23.6. The second kappa shape index (κ2) is 7.17. The van der Waals surface area contributed by atoms with Gasteiger partial charge in [-0.1, -0.05) is 0 Å². The van der Waals surface area contributed by atoms with Crippen LogP contribution in [0.3, 0.4) is 0 Å². The molecule has 0 aliphatic carbocycles. The maximum Gasteiger partial charge on any atom is 0.0702 e. The van der Waals surface area contributed by atoms with Crippen LogP contribution in [0.1, 0.15) is 19.3 Å². The Hall–Kier alpha value is -0.160. The molecule has 0 aromatic carbocycles. The predicted molar refractivity (Wildman–Crippen MR) is 61.0 cm³/mol. The van der Waals surface area contributed by atoms with Crippen LogP contribution in [-0.4, -0.2) is 62.6 Å². The molecule has 90 valence electrons. The van der Waals surface area contributed by atoms with E-state index in [4.69, 9.17) is 9.84 Å². The summed E-state index contributed by atoms with van der Waals surface area (Å²) in [7, 11) is 4.01. The third-order valence-electron chi connectivity index (χ3n) is 3.03. The maximum absolute atomic E-state index is 9.02. The highest BCUT2D eigenvalue weighted by Crippen LogP contribution is 2.12. The topological polar surface area (TPSA) is 44.7 Å². The maximum atomic E-state index is 9.02. The van der Waals surface area contributed by atoms with E-state index in [0.717, 1.165) is 26.1 Å². The molecule has 0 aromatic heterocycles. The van der Waals surface area contributed by atoms with Gasteiger partial charge in [0.2, 0.25) is 0 Å². The van der Waals surface area contributed by atoms with Gasteiger partial charge in [0, 0.05) is 19.2 Å². The average molecular weight is 216 g/mol. The van der Waals surface area contributed by atoms with Crippen molar-refractivity contribution in [1.82, 2.24) is 10.2 Å². The van der Waals surface area contributed by atoms with Crippen molar-refractivity contribution >= 4 is 0 Å². The highest BCUT2D eigenvalue weighted by Gasteiger charge is 2.17. The van der Waals surface area contributed by atoms with E-state index < -0.39 is 0 Å². The van der Waals surface area contributed by atoms with Crippen molar-refractivity contribution in [1.29, 1.82) is 0 Å². The first-order valence-electron chi connectivity index (χ1n) is 5.84. The zero-order chi connectivity index (χ0) is 11.1. The highest BCUT2D eigenvalue weighted by molar-refractivity contribution is 4.70. The van der Waals surface area contributed by atoms with Crippen LogP contribution in [0, 0.1) is 0 Å². The molecular weight excluding hydrogens is 192 g/mol. The third kappa shape index (κ3) is 4.93. The Morgan fingerprint density at radius 1 is 1.60 bits per heavy atom. The molecule has 1 fully saturated rings. The first kappa shape index (κ1) is 12.9. The summed E-state index contributed by atoms with van der Waals surface area (Å²) in [5.41, 5.74) is 0. The van der Waals surface area contributed by atoms with Gasteiger partial charge in [0.15, 0.2) is 0 Å². The summed E-state index contributed by atoms with van der Waals surface area (Å²) >= 11 is 0. The van der Waals surface area contributed by atoms with Crippen LogP contribution in [0.25, 0.3) is 0 Å². The zero-order valence-corrected chi connectivity index (χ0v) is 9.91. The quantitative estimate of drug-likeness (QED) is 0.632. The fourth-order valence-corrected chi connectivity index (χ4v) is 1.93. The lowest BCUT2D eigenvalue weighted by Crippen LogP contribution is -2.36. The number of aliphatic hydroxyl groups is 1. The first-order valence-corrected chi connectivity index (χ1v) is 5.84. The number of aliphatic hydroxyl groups excluding tert-OH is 1. The smallest absolute Gasteiger partial charge is 0.0702 e. The summed E-state index contributed by atoms with van der Waals surface area (Å²) in [6.45, 7) is 3.16. The standard InChI is InChI=1S/C11H24N2O2/c1-12-10(9-14)5-6-13(2)8-11-4-3-7-15-11/h10-12,14H,3-9H2,1-2H3. The number of rotatable bonds is 7. The number of hydrogen-bond donors (Lipinski definition) is 2. The number of hydrogen-bond acceptors (Lipinski definition) is 4. The zero-order valence-electron chi connectivity index (χ0n) is 9.91. The average Bonchev–Trinajstić information content (AvgIpc) is 2.72. The Labute approximate surface area is 92.6 Å². The molecule has 0 aromatic rings. The first-order chi connectivity index (χ1) is 7.26. The van der Waals surface area contributed by atoms with Crippen molar-refractivity contribution in [2.24, 2.45) is 0 Å². The Morgan fingerprint density at radius 3 is 2.93 bits per heavy atom. The van der Waals surface area contributed by atoms with Crippen LogP contribution in [0.2, 0.25) is 0 Å². The summed E-state index contributed by atoms with van der Waals surface area (Å²) < 4.78 is 5.58. The molecule has 2 atom stereocenters. The van der Waals surface area contributed by atoms with E-state index in [-0.39, 0.29) is 12.6 Å². The number of nitrogens with one attached hydrogen (secondary N) is 1. The van der Waals surface area contributed by atoms with E-state index in [1.54, 1.807) is 0 Å². The summed E-state index contributed by atoms with van der Waals surface area (Å²) in [6, 6.07) is 0.219. The van der Waals surface area contributed by atoms with E-state index in [0.29, 0.717) is 6.10 Å². The summed E-state index contributed by atoms with van der Waals surface area (Å²) in [5, 5.41) is 12.1. The number of likely N-dealkylation sites (N-methyl/N-ethyl adjacent to an activating group) is 2. The van der Waals surface area contributed by atoms with Crippen molar-refractivity contribution in [3.05, 3.63) is 0 Å². The molecule has 4 heteroatoms. The fraction of sp³-hybridized carbons (Fsp3) is 1.00. The van der Waals surface area contributed by atoms with E-state index in [9.17, 15) is 0 Å². The largest absolute Gasteiger partial charge is 0.395 e. The van der Waals surface area contributed by atoms with E-state index >= 15 is 0 Å². The Kier molecular flexibility index (Phi) is 6.17. The van der Waals surface area contributed by atoms with Crippen LogP contribution in [-0.2, 0) is 4.74 Å². The van der Waals surface area contributed by atoms with Gasteiger partial charge in [-0.2, -0.15) is 0 Å². The SMILES string of the molecule is CNC(CO)CCN(C)CC1CCCO1. The van der Waals surface area contributed by atoms with Gasteiger partial charge in [0.1, 0.15) is 0 Å². The summed E-state index contributed by atoms with van der Waals surface area (Å²) in [4.78, 5) is 2.29. The molecule has 0 radical (unpaired) electrons. The van der Waals surface area contributed by atoms with Crippen molar-refractivity contribution in [2.45, 2.75) is 31.4 Å². The molecule has 15 heavy (non-hydrogen) atoms. The van der Waals surface area contributed by atoms with Gasteiger partial charge in [0.25, 0.3) is 0 Å². The minimum Gasteiger partial charge on any atom is -0.395 e. The molecule has 2 N–H and O–H groups in total. The van der Waals surface area contributed by atoms with E-state index in [2.05, 4.69) is 17.3 Å². The van der Waals surface area contributed by atoms with Crippen molar-refractivity contribution in [3.63, 3.8) is 0 Å². The van der Waals surface area contributed by atoms with Crippen molar-refractivity contribution < 1.29 is 9.84 Å². The van der Waals surface area contributed by atoms with Crippen LogP contribution in [0.4, 0.5) is 0 Å². The molecule has 0 saturated carbocycles. The van der Waals surface area contributed by atoms with E-state index in [1.807, 2.05) is 7.05 Å². The lowest BCUT2D eigenvalue weighted by atomic mass is 10.2. The molecule has 4 nitrogen and oxygen atoms in total. The van der Waals surface area contributed by atoms with Gasteiger partial charge in [0.05, 0.1) is 12.7 Å². The van der Waals surface area contributed by atoms with Gasteiger partial charge < -0.3 is 20.1 Å². The molecule has 0 bridgehead atoms. The molecule has 1 aliphatic rings. The van der Waals surface area contributed by atoms with Crippen LogP contribution in [0.5, 0.6) is 0 Å². The monoisotopic (exact) mass is 216 g/mol. The number of ether oxygens (including phenoxy) is 1. The third-order valence-corrected chi connectivity index (χ3v) is 3.03. The fourth-order valence-electron chi connectivity index (χ4n) is 1.93. The van der Waals surface area contributed by atoms with Gasteiger partial charge in [-0.25, -0.2) is 0 Å². The minimum atomic E-state index is 0.213. The van der Waals surface area contributed by atoms with Gasteiger partial charge in [-0.15, -0.1) is 0 Å². The Balaban J connectivity index is 2.09. The predicted octanol–water partition coefficient (Wildman–Crippen LogP) is 0.0676. The molecule has 0 spiro atoms. The lowest BCUT2D eigenvalue weighted by Gasteiger charge is -2.22. The molecule has 1 saturated heterocycles. The molecule has 2 unspecified atom stereocenters. The van der Waals surface area contributed by atoms with E-state index in [1.165, 1.54) is 12.8 Å². The molecule has 0 amide bonds. The number of nitrogens with zero attached hydrogens (tertiary/aromatic N) is 1. The Bertz CT molecular complexity index is 157. The highest BCUT2D eigenvalue weighted by atomic mass is 16.5. The van der Waals surface area contributed by atoms with Crippen LogP contribution < -0.4 is 5.32 Å². The van der Waals surface area contributed by atoms with Crippen molar-refractivity contribution in [2.75, 3.05) is 40.4 Å². The minimum absolute atomic E-state index is 0.213. The van der Waals surface area contributed by atoms with Gasteiger partial charge in [-0.3, -0.25) is 0 Å². The van der Waals surface area contributed by atoms with Gasteiger partial charge in [-0.05, 0) is 39.9 Å². The summed E-state index contributed by atoms with van der Waals surface area (Å²) in [5.74, 6) is 0. The van der Waals surface area contributed by atoms with Crippen LogP contribution >= 0.6 is 0 Å². The molecule has 1 heterocycles. The lowest BCUT2D eigenvalue weighted by molar-refractivity contribution is 0.0793. The second-order valence-electron chi connectivity index (χ2n) is 4.35.